The van der Waals surface area contributed by atoms with Crippen LogP contribution in [0.25, 0.3) is 4.96 Å². The maximum atomic E-state index is 12.8. The molecule has 2 heterocycles. The van der Waals surface area contributed by atoms with Gasteiger partial charge in [-0.1, -0.05) is 12.1 Å². The zero-order valence-corrected chi connectivity index (χ0v) is 14.8. The van der Waals surface area contributed by atoms with Gasteiger partial charge >= 0.3 is 5.97 Å². The second-order valence-corrected chi connectivity index (χ2v) is 7.52. The predicted molar refractivity (Wildman–Crippen MR) is 92.7 cm³/mol. The Morgan fingerprint density at radius 3 is 2.76 bits per heavy atom. The molecule has 130 valence electrons. The summed E-state index contributed by atoms with van der Waals surface area (Å²) in [6.45, 7) is 1.45. The number of nitrogens with zero attached hydrogens (tertiary/aromatic N) is 2. The smallest absolute Gasteiger partial charge is 0.339 e. The van der Waals surface area contributed by atoms with Gasteiger partial charge in [-0.2, -0.15) is 0 Å². The average molecular weight is 379 g/mol. The number of fused-ring (bicyclic) bond motifs is 1. The Bertz CT molecular complexity index is 1130. The zero-order chi connectivity index (χ0) is 18.2. The predicted octanol–water partition coefficient (Wildman–Crippen LogP) is 1.65. The van der Waals surface area contributed by atoms with E-state index in [1.165, 1.54) is 48.1 Å². The second-order valence-electron chi connectivity index (χ2n) is 5.03. The van der Waals surface area contributed by atoms with Crippen molar-refractivity contribution in [3.8, 4) is 0 Å². The van der Waals surface area contributed by atoms with Crippen LogP contribution >= 0.6 is 11.3 Å². The molecule has 3 aromatic rings. The molecule has 1 N–H and O–H groups in total. The summed E-state index contributed by atoms with van der Waals surface area (Å²) < 4.78 is 33.6. The molecule has 0 radical (unpaired) electrons. The standard InChI is InChI=1S/C15H13N3O5S2/c1-9-12(13(19)18-7-8-24-15(18)16-9)25(21,22)17-11-6-4-3-5-10(11)14(20)23-2/h3-8,17H,1-2H3. The van der Waals surface area contributed by atoms with Crippen molar-refractivity contribution >= 4 is 38.0 Å². The monoisotopic (exact) mass is 379 g/mol. The van der Waals surface area contributed by atoms with Gasteiger partial charge in [0.2, 0.25) is 0 Å². The van der Waals surface area contributed by atoms with E-state index in [0.717, 1.165) is 0 Å². The highest BCUT2D eigenvalue weighted by Crippen LogP contribution is 2.21. The summed E-state index contributed by atoms with van der Waals surface area (Å²) in [6, 6.07) is 5.96. The van der Waals surface area contributed by atoms with Crippen molar-refractivity contribution in [2.24, 2.45) is 0 Å². The van der Waals surface area contributed by atoms with Crippen molar-refractivity contribution in [2.45, 2.75) is 11.8 Å². The maximum Gasteiger partial charge on any atom is 0.339 e. The molecule has 0 spiro atoms. The van der Waals surface area contributed by atoms with Crippen LogP contribution in [0.4, 0.5) is 5.69 Å². The van der Waals surface area contributed by atoms with Crippen molar-refractivity contribution in [3.63, 3.8) is 0 Å². The van der Waals surface area contributed by atoms with Crippen molar-refractivity contribution in [1.29, 1.82) is 0 Å². The molecule has 0 saturated carbocycles. The first-order valence-corrected chi connectivity index (χ1v) is 9.38. The van der Waals surface area contributed by atoms with E-state index < -0.39 is 26.4 Å². The Kier molecular flexibility index (Phi) is 4.31. The minimum Gasteiger partial charge on any atom is -0.465 e. The maximum absolute atomic E-state index is 12.8. The molecular weight excluding hydrogens is 366 g/mol. The van der Waals surface area contributed by atoms with Crippen LogP contribution in [0.1, 0.15) is 16.1 Å². The molecule has 8 nitrogen and oxygen atoms in total. The van der Waals surface area contributed by atoms with Gasteiger partial charge in [0.1, 0.15) is 0 Å². The quantitative estimate of drug-likeness (QED) is 0.691. The van der Waals surface area contributed by atoms with Crippen LogP contribution in [0.5, 0.6) is 0 Å². The minimum atomic E-state index is -4.26. The number of aryl methyl sites for hydroxylation is 1. The van der Waals surface area contributed by atoms with Crippen molar-refractivity contribution < 1.29 is 17.9 Å². The van der Waals surface area contributed by atoms with Gasteiger partial charge in [-0.05, 0) is 19.1 Å². The highest BCUT2D eigenvalue weighted by Gasteiger charge is 2.26. The Hall–Kier alpha value is -2.72. The Labute approximate surface area is 146 Å². The molecule has 0 atom stereocenters. The molecule has 25 heavy (non-hydrogen) atoms. The van der Waals surface area contributed by atoms with Gasteiger partial charge in [0.25, 0.3) is 15.6 Å². The summed E-state index contributed by atoms with van der Waals surface area (Å²) in [5, 5.41) is 1.64. The summed E-state index contributed by atoms with van der Waals surface area (Å²) in [5.74, 6) is -0.696. The SMILES string of the molecule is COC(=O)c1ccccc1NS(=O)(=O)c1c(C)nc2sccn2c1=O. The molecule has 0 amide bonds. The third-order valence-electron chi connectivity index (χ3n) is 3.44. The molecule has 0 unspecified atom stereocenters. The van der Waals surface area contributed by atoms with Gasteiger partial charge in [-0.3, -0.25) is 13.9 Å². The van der Waals surface area contributed by atoms with Gasteiger partial charge in [-0.15, -0.1) is 11.3 Å². The van der Waals surface area contributed by atoms with Gasteiger partial charge in [0, 0.05) is 11.6 Å². The average Bonchev–Trinajstić information content (AvgIpc) is 3.02. The normalized spacial score (nSPS) is 11.4. The topological polar surface area (TPSA) is 107 Å². The number of nitrogens with one attached hydrogen (secondary N) is 1. The number of carbonyl (C=O) groups is 1. The van der Waals surface area contributed by atoms with Crippen LogP contribution in [0.2, 0.25) is 0 Å². The molecule has 0 saturated heterocycles. The lowest BCUT2D eigenvalue weighted by molar-refractivity contribution is 0.0602. The molecule has 0 bridgehead atoms. The Balaban J connectivity index is 2.14. The number of anilines is 1. The van der Waals surface area contributed by atoms with Crippen LogP contribution in [-0.2, 0) is 14.8 Å². The lowest BCUT2D eigenvalue weighted by Gasteiger charge is -2.12. The van der Waals surface area contributed by atoms with E-state index in [1.807, 2.05) is 0 Å². The van der Waals surface area contributed by atoms with Crippen LogP contribution in [0.3, 0.4) is 0 Å². The van der Waals surface area contributed by atoms with Crippen molar-refractivity contribution in [2.75, 3.05) is 11.8 Å². The molecule has 1 aromatic carbocycles. The van der Waals surface area contributed by atoms with E-state index in [-0.39, 0.29) is 16.9 Å². The molecular formula is C15H13N3O5S2. The van der Waals surface area contributed by atoms with Crippen molar-refractivity contribution in [1.82, 2.24) is 9.38 Å². The third-order valence-corrected chi connectivity index (χ3v) is 5.69. The number of hydrogen-bond donors (Lipinski definition) is 1. The number of rotatable bonds is 4. The summed E-state index contributed by atoms with van der Waals surface area (Å²) in [6.07, 6.45) is 1.45. The first kappa shape index (κ1) is 17.1. The van der Waals surface area contributed by atoms with Crippen LogP contribution in [-0.4, -0.2) is 30.9 Å². The van der Waals surface area contributed by atoms with Crippen LogP contribution in [0, 0.1) is 6.92 Å². The fourth-order valence-corrected chi connectivity index (χ4v) is 4.41. The largest absolute Gasteiger partial charge is 0.465 e. The van der Waals surface area contributed by atoms with E-state index >= 15 is 0 Å². The minimum absolute atomic E-state index is 0.0172. The number of aromatic nitrogens is 2. The molecule has 0 aliphatic heterocycles. The second kappa shape index (κ2) is 6.30. The number of methoxy groups -OCH3 is 1. The number of benzene rings is 1. The number of esters is 1. The fourth-order valence-electron chi connectivity index (χ4n) is 2.33. The lowest BCUT2D eigenvalue weighted by Crippen LogP contribution is -2.28. The highest BCUT2D eigenvalue weighted by molar-refractivity contribution is 7.92. The molecule has 2 aromatic heterocycles. The summed E-state index contributed by atoms with van der Waals surface area (Å²) >= 11 is 1.22. The van der Waals surface area contributed by atoms with E-state index in [9.17, 15) is 18.0 Å². The van der Waals surface area contributed by atoms with Gasteiger partial charge in [-0.25, -0.2) is 18.2 Å². The van der Waals surface area contributed by atoms with E-state index in [2.05, 4.69) is 14.4 Å². The number of carbonyl (C=O) groups excluding carboxylic acids is 1. The van der Waals surface area contributed by atoms with E-state index in [0.29, 0.717) is 4.96 Å². The number of hydrogen-bond acceptors (Lipinski definition) is 7. The highest BCUT2D eigenvalue weighted by atomic mass is 32.2. The Morgan fingerprint density at radius 1 is 1.32 bits per heavy atom. The Morgan fingerprint density at radius 2 is 2.04 bits per heavy atom. The first-order chi connectivity index (χ1) is 11.8. The summed E-state index contributed by atoms with van der Waals surface area (Å²) in [7, 11) is -3.06. The molecule has 0 aliphatic rings. The number of ether oxygens (including phenoxy) is 1. The molecule has 3 rings (SSSR count). The molecule has 0 fully saturated rings. The fraction of sp³-hybridized carbons (Fsp3) is 0.133. The molecule has 0 aliphatic carbocycles. The summed E-state index contributed by atoms with van der Waals surface area (Å²) in [4.78, 5) is 28.4. The van der Waals surface area contributed by atoms with E-state index in [4.69, 9.17) is 0 Å². The summed E-state index contributed by atoms with van der Waals surface area (Å²) in [5.41, 5.74) is -0.568. The van der Waals surface area contributed by atoms with Gasteiger partial charge in [0.15, 0.2) is 9.86 Å². The van der Waals surface area contributed by atoms with Gasteiger partial charge in [0.05, 0.1) is 24.1 Å². The number of sulfonamides is 1. The van der Waals surface area contributed by atoms with Crippen LogP contribution in [0.15, 0.2) is 45.5 Å². The zero-order valence-electron chi connectivity index (χ0n) is 13.2. The van der Waals surface area contributed by atoms with Crippen LogP contribution < -0.4 is 10.3 Å². The van der Waals surface area contributed by atoms with Gasteiger partial charge < -0.3 is 4.74 Å². The third kappa shape index (κ3) is 3.01. The molecule has 10 heteroatoms. The number of para-hydroxylation sites is 1. The first-order valence-electron chi connectivity index (χ1n) is 7.02. The lowest BCUT2D eigenvalue weighted by atomic mass is 10.2. The van der Waals surface area contributed by atoms with E-state index in [1.54, 1.807) is 17.5 Å². The number of thiazole rings is 1. The van der Waals surface area contributed by atoms with Crippen molar-refractivity contribution in [3.05, 3.63) is 57.5 Å².